The zero-order valence-corrected chi connectivity index (χ0v) is 17.4. The Balaban J connectivity index is 1.53. The molecule has 0 radical (unpaired) electrons. The summed E-state index contributed by atoms with van der Waals surface area (Å²) in [6.07, 6.45) is 4.45. The van der Waals surface area contributed by atoms with E-state index in [1.807, 2.05) is 19.1 Å². The van der Waals surface area contributed by atoms with Crippen molar-refractivity contribution >= 4 is 23.4 Å². The lowest BCUT2D eigenvalue weighted by Gasteiger charge is -2.24. The van der Waals surface area contributed by atoms with Gasteiger partial charge in [-0.3, -0.25) is 9.59 Å². The predicted molar refractivity (Wildman–Crippen MR) is 110 cm³/mol. The summed E-state index contributed by atoms with van der Waals surface area (Å²) in [5, 5.41) is 8.91. The number of halogens is 1. The van der Waals surface area contributed by atoms with E-state index in [-0.39, 0.29) is 17.9 Å². The molecule has 1 saturated carbocycles. The average Bonchev–Trinajstić information content (AvgIpc) is 3.34. The molecule has 1 aromatic carbocycles. The van der Waals surface area contributed by atoms with Crippen molar-refractivity contribution in [1.82, 2.24) is 24.8 Å². The fraction of sp³-hybridized carbons (Fsp3) is 0.429. The summed E-state index contributed by atoms with van der Waals surface area (Å²) in [6.45, 7) is 6.44. The summed E-state index contributed by atoms with van der Waals surface area (Å²) < 4.78 is 1.61. The molecule has 7 nitrogen and oxygen atoms in total. The maximum absolute atomic E-state index is 13.0. The van der Waals surface area contributed by atoms with Crippen LogP contribution in [0, 0.1) is 6.92 Å². The number of carbonyl (C=O) groups is 2. The van der Waals surface area contributed by atoms with Gasteiger partial charge in [-0.15, -0.1) is 5.10 Å². The molecule has 0 spiro atoms. The molecule has 8 heteroatoms. The number of hydrogen-bond acceptors (Lipinski definition) is 4. The number of rotatable bonds is 5. The summed E-state index contributed by atoms with van der Waals surface area (Å²) in [7, 11) is 1.74. The summed E-state index contributed by atoms with van der Waals surface area (Å²) in [4.78, 5) is 28.2. The zero-order valence-electron chi connectivity index (χ0n) is 16.6. The van der Waals surface area contributed by atoms with Crippen LogP contribution in [0.4, 0.5) is 0 Å². The van der Waals surface area contributed by atoms with Crippen LogP contribution < -0.4 is 0 Å². The molecular weight excluding hydrogens is 390 g/mol. The summed E-state index contributed by atoms with van der Waals surface area (Å²) in [6, 6.07) is 5.92. The highest BCUT2D eigenvalue weighted by Crippen LogP contribution is 2.41. The molecule has 0 bridgehead atoms. The second-order valence-electron chi connectivity index (χ2n) is 7.77. The van der Waals surface area contributed by atoms with Gasteiger partial charge in [-0.05, 0) is 55.9 Å². The van der Waals surface area contributed by atoms with E-state index in [1.54, 1.807) is 21.5 Å². The zero-order chi connectivity index (χ0) is 20.7. The van der Waals surface area contributed by atoms with E-state index >= 15 is 0 Å². The Labute approximate surface area is 174 Å². The van der Waals surface area contributed by atoms with Crippen molar-refractivity contribution in [1.29, 1.82) is 0 Å². The SMILES string of the molecule is C=CC(=O)N1CC[C@@H](N(C)C(=O)c2nnn(-c3ccc(C4CC4)cc3Cl)c2C)C1. The first kappa shape index (κ1) is 19.6. The van der Waals surface area contributed by atoms with Crippen molar-refractivity contribution < 1.29 is 9.59 Å². The largest absolute Gasteiger partial charge is 0.337 e. The van der Waals surface area contributed by atoms with E-state index < -0.39 is 0 Å². The Hall–Kier alpha value is -2.67. The van der Waals surface area contributed by atoms with E-state index in [0.29, 0.717) is 41.1 Å². The normalized spacial score (nSPS) is 18.7. The van der Waals surface area contributed by atoms with E-state index in [9.17, 15) is 9.59 Å². The van der Waals surface area contributed by atoms with Gasteiger partial charge in [-0.25, -0.2) is 4.68 Å². The molecule has 152 valence electrons. The molecule has 2 aliphatic rings. The summed E-state index contributed by atoms with van der Waals surface area (Å²) in [5.74, 6) is 0.292. The van der Waals surface area contributed by atoms with Crippen LogP contribution in [0.2, 0.25) is 5.02 Å². The number of nitrogens with zero attached hydrogens (tertiary/aromatic N) is 5. The first-order valence-electron chi connectivity index (χ1n) is 9.81. The molecule has 2 aromatic rings. The average molecular weight is 414 g/mol. The van der Waals surface area contributed by atoms with Crippen molar-refractivity contribution in [2.24, 2.45) is 0 Å². The van der Waals surface area contributed by atoms with Gasteiger partial charge in [0.2, 0.25) is 5.91 Å². The van der Waals surface area contributed by atoms with Gasteiger partial charge >= 0.3 is 0 Å². The van der Waals surface area contributed by atoms with E-state index in [4.69, 9.17) is 11.6 Å². The van der Waals surface area contributed by atoms with Crippen LogP contribution >= 0.6 is 11.6 Å². The van der Waals surface area contributed by atoms with Crippen LogP contribution in [-0.4, -0.2) is 62.8 Å². The molecule has 0 N–H and O–H groups in total. The molecule has 1 saturated heterocycles. The Morgan fingerprint density at radius 2 is 2.07 bits per heavy atom. The fourth-order valence-corrected chi connectivity index (χ4v) is 4.11. The van der Waals surface area contributed by atoms with Gasteiger partial charge in [-0.1, -0.05) is 29.5 Å². The number of benzene rings is 1. The molecule has 1 atom stereocenters. The van der Waals surface area contributed by atoms with E-state index in [2.05, 4.69) is 23.0 Å². The highest BCUT2D eigenvalue weighted by atomic mass is 35.5. The number of aromatic nitrogens is 3. The van der Waals surface area contributed by atoms with Crippen LogP contribution in [0.1, 0.15) is 46.9 Å². The highest BCUT2D eigenvalue weighted by Gasteiger charge is 2.32. The first-order valence-corrected chi connectivity index (χ1v) is 10.2. The minimum absolute atomic E-state index is 0.0580. The number of likely N-dealkylation sites (tertiary alicyclic amines) is 1. The van der Waals surface area contributed by atoms with E-state index in [1.165, 1.54) is 24.5 Å². The standard InChI is InChI=1S/C21H24ClN5O2/c1-4-19(28)26-10-9-16(12-26)25(3)21(29)20-13(2)27(24-23-20)18-8-7-15(11-17(18)22)14-5-6-14/h4,7-8,11,14,16H,1,5-6,9-10,12H2,2-3H3/t16-/m1/s1. The Morgan fingerprint density at radius 1 is 1.31 bits per heavy atom. The second-order valence-corrected chi connectivity index (χ2v) is 8.17. The fourth-order valence-electron chi connectivity index (χ4n) is 3.84. The summed E-state index contributed by atoms with van der Waals surface area (Å²) in [5.41, 5.74) is 2.89. The first-order chi connectivity index (χ1) is 13.9. The monoisotopic (exact) mass is 413 g/mol. The third kappa shape index (κ3) is 3.67. The molecule has 1 aliphatic heterocycles. The molecule has 2 fully saturated rings. The van der Waals surface area contributed by atoms with Crippen LogP contribution in [0.25, 0.3) is 5.69 Å². The minimum atomic E-state index is -0.211. The quantitative estimate of drug-likeness (QED) is 0.706. The Morgan fingerprint density at radius 3 is 2.72 bits per heavy atom. The number of carbonyl (C=O) groups excluding carboxylic acids is 2. The van der Waals surface area contributed by atoms with Crippen LogP contribution in [-0.2, 0) is 4.79 Å². The molecule has 1 aromatic heterocycles. The molecule has 2 heterocycles. The lowest BCUT2D eigenvalue weighted by atomic mass is 10.1. The van der Waals surface area contributed by atoms with Gasteiger partial charge in [0.25, 0.3) is 5.91 Å². The third-order valence-corrected chi connectivity index (χ3v) is 6.17. The predicted octanol–water partition coefficient (Wildman–Crippen LogP) is 2.97. The number of likely N-dealkylation sites (N-methyl/N-ethyl adjacent to an activating group) is 1. The second kappa shape index (κ2) is 7.63. The van der Waals surface area contributed by atoms with Crippen molar-refractivity contribution in [3.05, 3.63) is 52.8 Å². The van der Waals surface area contributed by atoms with Gasteiger partial charge in [0.1, 0.15) is 0 Å². The van der Waals surface area contributed by atoms with Crippen molar-refractivity contribution in [3.8, 4) is 5.69 Å². The number of amides is 2. The molecule has 4 rings (SSSR count). The summed E-state index contributed by atoms with van der Waals surface area (Å²) >= 11 is 6.49. The van der Waals surface area contributed by atoms with Crippen LogP contribution in [0.15, 0.2) is 30.9 Å². The third-order valence-electron chi connectivity index (χ3n) is 5.86. The minimum Gasteiger partial charge on any atom is -0.337 e. The van der Waals surface area contributed by atoms with Gasteiger partial charge in [0.05, 0.1) is 22.4 Å². The van der Waals surface area contributed by atoms with Crippen LogP contribution in [0.3, 0.4) is 0 Å². The maximum atomic E-state index is 13.0. The topological polar surface area (TPSA) is 71.3 Å². The van der Waals surface area contributed by atoms with Crippen LogP contribution in [0.5, 0.6) is 0 Å². The van der Waals surface area contributed by atoms with E-state index in [0.717, 1.165) is 6.42 Å². The molecular formula is C21H24ClN5O2. The highest BCUT2D eigenvalue weighted by molar-refractivity contribution is 6.32. The van der Waals surface area contributed by atoms with Gasteiger partial charge in [0.15, 0.2) is 5.69 Å². The van der Waals surface area contributed by atoms with Gasteiger partial charge in [-0.2, -0.15) is 0 Å². The Bertz CT molecular complexity index is 981. The Kier molecular flexibility index (Phi) is 5.17. The van der Waals surface area contributed by atoms with Crippen molar-refractivity contribution in [2.75, 3.05) is 20.1 Å². The molecule has 1 aliphatic carbocycles. The maximum Gasteiger partial charge on any atom is 0.276 e. The number of hydrogen-bond donors (Lipinski definition) is 0. The van der Waals surface area contributed by atoms with Crippen molar-refractivity contribution in [3.63, 3.8) is 0 Å². The van der Waals surface area contributed by atoms with Crippen molar-refractivity contribution in [2.45, 2.75) is 38.1 Å². The molecule has 0 unspecified atom stereocenters. The molecule has 2 amide bonds. The van der Waals surface area contributed by atoms with Gasteiger partial charge in [0, 0.05) is 20.1 Å². The lowest BCUT2D eigenvalue weighted by molar-refractivity contribution is -0.125. The smallest absolute Gasteiger partial charge is 0.276 e. The lowest BCUT2D eigenvalue weighted by Crippen LogP contribution is -2.40. The molecule has 29 heavy (non-hydrogen) atoms. The van der Waals surface area contributed by atoms with Gasteiger partial charge < -0.3 is 9.80 Å².